The van der Waals surface area contributed by atoms with Crippen LogP contribution in [0.15, 0.2) is 65.1 Å². The molecule has 2 aliphatic heterocycles. The quantitative estimate of drug-likeness (QED) is 0.316. The third-order valence-electron chi connectivity index (χ3n) is 7.63. The van der Waals surface area contributed by atoms with E-state index >= 15 is 0 Å². The summed E-state index contributed by atoms with van der Waals surface area (Å²) in [6.45, 7) is 2.80. The van der Waals surface area contributed by atoms with Crippen LogP contribution in [0.25, 0.3) is 0 Å². The van der Waals surface area contributed by atoms with E-state index < -0.39 is 29.6 Å². The Hall–Kier alpha value is -3.94. The highest BCUT2D eigenvalue weighted by molar-refractivity contribution is 7.12. The summed E-state index contributed by atoms with van der Waals surface area (Å²) in [6, 6.07) is 12.7. The number of methoxy groups -OCH3 is 2. The molecule has 0 N–H and O–H groups in total. The van der Waals surface area contributed by atoms with Gasteiger partial charge in [-0.3, -0.25) is 14.5 Å². The first-order chi connectivity index (χ1) is 21.2. The minimum atomic E-state index is -4.53. The summed E-state index contributed by atoms with van der Waals surface area (Å²) in [6.07, 6.45) is -4.12. The summed E-state index contributed by atoms with van der Waals surface area (Å²) >= 11 is 1.51. The van der Waals surface area contributed by atoms with Gasteiger partial charge in [0.2, 0.25) is 0 Å². The maximum Gasteiger partial charge on any atom is 0.416 e. The Balaban J connectivity index is 1.44. The van der Waals surface area contributed by atoms with E-state index in [1.807, 2.05) is 17.5 Å². The lowest BCUT2D eigenvalue weighted by Gasteiger charge is -2.31. The van der Waals surface area contributed by atoms with Crippen LogP contribution in [0.2, 0.25) is 0 Å². The van der Waals surface area contributed by atoms with Crippen molar-refractivity contribution in [2.24, 2.45) is 5.10 Å². The smallest absolute Gasteiger partial charge is 0.416 e. The standard InChI is InChI=1S/C31H33F3N4O5S/c1-41-23-9-10-27(42-2)24(18-23)26-19-25(28-4-3-17-44-28)35-38(26)29(39)20-37(12-11-36-13-15-43-16-14-36)30(40)21-5-7-22(8-6-21)31(32,33)34/h3-10,17-18,26H,11-16,19-20H2,1-2H3/t26-/m0/s1. The molecule has 3 heterocycles. The van der Waals surface area contributed by atoms with Crippen LogP contribution in [0.5, 0.6) is 11.5 Å². The Morgan fingerprint density at radius 1 is 1.07 bits per heavy atom. The SMILES string of the molecule is COc1ccc(OC)c([C@@H]2CC(c3cccs3)=NN2C(=O)CN(CCN2CCOCC2)C(=O)c2ccc(C(F)(F)F)cc2)c1. The van der Waals surface area contributed by atoms with E-state index in [0.717, 1.165) is 34.9 Å². The van der Waals surface area contributed by atoms with Crippen LogP contribution in [0.3, 0.4) is 0 Å². The highest BCUT2D eigenvalue weighted by Gasteiger charge is 2.37. The van der Waals surface area contributed by atoms with Crippen molar-refractivity contribution in [3.05, 3.63) is 81.5 Å². The lowest BCUT2D eigenvalue weighted by atomic mass is 9.99. The van der Waals surface area contributed by atoms with Crippen molar-refractivity contribution in [1.82, 2.24) is 14.8 Å². The first kappa shape index (κ1) is 31.5. The maximum absolute atomic E-state index is 14.1. The predicted octanol–water partition coefficient (Wildman–Crippen LogP) is 4.94. The van der Waals surface area contributed by atoms with Gasteiger partial charge in [-0.2, -0.15) is 18.3 Å². The van der Waals surface area contributed by atoms with Crippen LogP contribution < -0.4 is 9.47 Å². The van der Waals surface area contributed by atoms with Gasteiger partial charge < -0.3 is 19.1 Å². The molecule has 1 atom stereocenters. The van der Waals surface area contributed by atoms with E-state index in [1.165, 1.54) is 21.2 Å². The van der Waals surface area contributed by atoms with Gasteiger partial charge in [0.1, 0.15) is 18.0 Å². The number of amides is 2. The largest absolute Gasteiger partial charge is 0.497 e. The van der Waals surface area contributed by atoms with Gasteiger partial charge in [0.05, 0.1) is 49.6 Å². The zero-order valence-corrected chi connectivity index (χ0v) is 25.2. The second-order valence-electron chi connectivity index (χ2n) is 10.3. The monoisotopic (exact) mass is 630 g/mol. The van der Waals surface area contributed by atoms with E-state index in [-0.39, 0.29) is 18.7 Å². The predicted molar refractivity (Wildman–Crippen MR) is 159 cm³/mol. The molecule has 0 unspecified atom stereocenters. The number of carbonyl (C=O) groups excluding carboxylic acids is 2. The highest BCUT2D eigenvalue weighted by Crippen LogP contribution is 2.40. The van der Waals surface area contributed by atoms with Crippen molar-refractivity contribution in [3.63, 3.8) is 0 Å². The number of ether oxygens (including phenoxy) is 3. The number of thiophene rings is 1. The summed E-state index contributed by atoms with van der Waals surface area (Å²) in [4.78, 5) is 32.1. The van der Waals surface area contributed by atoms with Crippen LogP contribution in [-0.2, 0) is 15.7 Å². The van der Waals surface area contributed by atoms with Gasteiger partial charge in [0.25, 0.3) is 11.8 Å². The van der Waals surface area contributed by atoms with Crippen molar-refractivity contribution < 1.29 is 37.0 Å². The summed E-state index contributed by atoms with van der Waals surface area (Å²) in [5.74, 6) is 0.162. The van der Waals surface area contributed by atoms with E-state index in [4.69, 9.17) is 19.3 Å². The number of halogens is 3. The zero-order valence-electron chi connectivity index (χ0n) is 24.4. The molecule has 1 fully saturated rings. The molecule has 2 aliphatic rings. The Morgan fingerprint density at radius 3 is 2.45 bits per heavy atom. The zero-order chi connectivity index (χ0) is 31.3. The molecule has 0 bridgehead atoms. The van der Waals surface area contributed by atoms with Gasteiger partial charge in [-0.25, -0.2) is 5.01 Å². The molecular formula is C31H33F3N4O5S. The van der Waals surface area contributed by atoms with Gasteiger partial charge >= 0.3 is 6.18 Å². The molecular weight excluding hydrogens is 597 g/mol. The maximum atomic E-state index is 14.1. The summed E-state index contributed by atoms with van der Waals surface area (Å²) < 4.78 is 56.0. The number of morpholine rings is 1. The fourth-order valence-corrected chi connectivity index (χ4v) is 5.95. The van der Waals surface area contributed by atoms with E-state index in [1.54, 1.807) is 32.4 Å². The summed E-state index contributed by atoms with van der Waals surface area (Å²) in [5, 5.41) is 8.03. The third-order valence-corrected chi connectivity index (χ3v) is 8.55. The highest BCUT2D eigenvalue weighted by atomic mass is 32.1. The molecule has 2 amide bonds. The first-order valence-corrected chi connectivity index (χ1v) is 15.0. The number of hydrogen-bond donors (Lipinski definition) is 0. The average molecular weight is 631 g/mol. The molecule has 2 aromatic carbocycles. The van der Waals surface area contributed by atoms with Crippen LogP contribution in [-0.4, -0.2) is 92.5 Å². The fraction of sp³-hybridized carbons (Fsp3) is 0.387. The van der Waals surface area contributed by atoms with E-state index in [9.17, 15) is 22.8 Å². The molecule has 1 saturated heterocycles. The summed E-state index contributed by atoms with van der Waals surface area (Å²) in [7, 11) is 3.10. The molecule has 44 heavy (non-hydrogen) atoms. The minimum absolute atomic E-state index is 0.0583. The Morgan fingerprint density at radius 2 is 1.82 bits per heavy atom. The molecule has 9 nitrogen and oxygen atoms in total. The molecule has 5 rings (SSSR count). The van der Waals surface area contributed by atoms with Crippen LogP contribution >= 0.6 is 11.3 Å². The van der Waals surface area contributed by atoms with Gasteiger partial charge in [-0.1, -0.05) is 6.07 Å². The summed E-state index contributed by atoms with van der Waals surface area (Å²) in [5.41, 5.74) is 0.622. The van der Waals surface area contributed by atoms with Gasteiger partial charge in [0.15, 0.2) is 0 Å². The Labute approximate surface area is 257 Å². The number of benzene rings is 2. The van der Waals surface area contributed by atoms with E-state index in [0.29, 0.717) is 56.3 Å². The van der Waals surface area contributed by atoms with Crippen LogP contribution in [0, 0.1) is 0 Å². The fourth-order valence-electron chi connectivity index (χ4n) is 5.23. The number of hydrogen-bond acceptors (Lipinski definition) is 8. The van der Waals surface area contributed by atoms with Crippen LogP contribution in [0.4, 0.5) is 13.2 Å². The molecule has 0 radical (unpaired) electrons. The number of rotatable bonds is 10. The Bertz CT molecular complexity index is 1470. The van der Waals surface area contributed by atoms with Gasteiger partial charge in [-0.15, -0.1) is 11.3 Å². The lowest BCUT2D eigenvalue weighted by molar-refractivity contribution is -0.137. The Kier molecular flexibility index (Phi) is 9.87. The number of carbonyl (C=O) groups is 2. The second-order valence-corrected chi connectivity index (χ2v) is 11.3. The van der Waals surface area contributed by atoms with Gasteiger partial charge in [-0.05, 0) is 53.9 Å². The number of hydrazone groups is 1. The second kappa shape index (κ2) is 13.8. The third kappa shape index (κ3) is 7.22. The minimum Gasteiger partial charge on any atom is -0.497 e. The molecule has 0 aliphatic carbocycles. The van der Waals surface area contributed by atoms with Crippen molar-refractivity contribution in [2.75, 3.05) is 60.2 Å². The van der Waals surface area contributed by atoms with Crippen molar-refractivity contribution >= 4 is 28.9 Å². The first-order valence-electron chi connectivity index (χ1n) is 14.1. The molecule has 13 heteroatoms. The molecule has 3 aromatic rings. The van der Waals surface area contributed by atoms with E-state index in [2.05, 4.69) is 4.90 Å². The van der Waals surface area contributed by atoms with Crippen molar-refractivity contribution in [2.45, 2.75) is 18.6 Å². The average Bonchev–Trinajstić information content (AvgIpc) is 3.73. The number of alkyl halides is 3. The molecule has 0 saturated carbocycles. The molecule has 1 aromatic heterocycles. The lowest BCUT2D eigenvalue weighted by Crippen LogP contribution is -2.46. The van der Waals surface area contributed by atoms with Crippen LogP contribution in [0.1, 0.15) is 38.8 Å². The number of nitrogens with zero attached hydrogens (tertiary/aromatic N) is 4. The normalized spacial score (nSPS) is 17.3. The van der Waals surface area contributed by atoms with Crippen molar-refractivity contribution in [1.29, 1.82) is 0 Å². The van der Waals surface area contributed by atoms with Crippen molar-refractivity contribution in [3.8, 4) is 11.5 Å². The van der Waals surface area contributed by atoms with Gasteiger partial charge in [0, 0.05) is 43.7 Å². The molecule has 0 spiro atoms. The molecule has 234 valence electrons. The topological polar surface area (TPSA) is 83.9 Å².